The fraction of sp³-hybridized carbons (Fsp3) is 0.444. The number of halogens is 1. The molecule has 2 rings (SSSR count). The van der Waals surface area contributed by atoms with Crippen LogP contribution < -0.4 is 10.6 Å². The molecule has 0 fully saturated rings. The van der Waals surface area contributed by atoms with E-state index in [1.54, 1.807) is 33.0 Å². The maximum Gasteiger partial charge on any atom is 0.407 e. The molecule has 0 saturated carbocycles. The number of amides is 2. The molecule has 0 aliphatic rings. The number of hydrogen-bond donors (Lipinski definition) is 3. The van der Waals surface area contributed by atoms with E-state index in [0.717, 1.165) is 10.9 Å². The van der Waals surface area contributed by atoms with Crippen molar-refractivity contribution >= 4 is 22.9 Å². The lowest BCUT2D eigenvalue weighted by atomic mass is 10.1. The van der Waals surface area contributed by atoms with Crippen LogP contribution in [0.25, 0.3) is 10.9 Å². The van der Waals surface area contributed by atoms with Crippen LogP contribution in [0.5, 0.6) is 0 Å². The van der Waals surface area contributed by atoms with Crippen LogP contribution in [0.4, 0.5) is 9.18 Å². The Morgan fingerprint density at radius 1 is 1.20 bits per heavy atom. The van der Waals surface area contributed by atoms with Gasteiger partial charge in [0.05, 0.1) is 6.42 Å². The number of benzene rings is 1. The molecule has 2 aromatic rings. The minimum Gasteiger partial charge on any atom is -0.444 e. The van der Waals surface area contributed by atoms with Gasteiger partial charge in [0.2, 0.25) is 5.91 Å². The summed E-state index contributed by atoms with van der Waals surface area (Å²) in [7, 11) is 0. The maximum atomic E-state index is 13.2. The highest BCUT2D eigenvalue weighted by molar-refractivity contribution is 5.88. The largest absolute Gasteiger partial charge is 0.444 e. The van der Waals surface area contributed by atoms with Gasteiger partial charge in [0, 0.05) is 30.2 Å². The SMILES string of the molecule is CC(C)(C)OC(=O)NCCCNC(=O)Cc1c[nH]c2cc(F)ccc12. The summed E-state index contributed by atoms with van der Waals surface area (Å²) >= 11 is 0. The van der Waals surface area contributed by atoms with Crippen molar-refractivity contribution in [2.24, 2.45) is 0 Å². The van der Waals surface area contributed by atoms with Crippen molar-refractivity contribution in [3.8, 4) is 0 Å². The second kappa shape index (κ2) is 8.00. The molecular formula is C18H24FN3O3. The third-order valence-corrected chi connectivity index (χ3v) is 3.42. The summed E-state index contributed by atoms with van der Waals surface area (Å²) in [5, 5.41) is 6.27. The average molecular weight is 349 g/mol. The second-order valence-corrected chi connectivity index (χ2v) is 6.81. The fourth-order valence-electron chi connectivity index (χ4n) is 2.36. The van der Waals surface area contributed by atoms with E-state index in [9.17, 15) is 14.0 Å². The summed E-state index contributed by atoms with van der Waals surface area (Å²) in [5.74, 6) is -0.440. The highest BCUT2D eigenvalue weighted by atomic mass is 19.1. The number of hydrogen-bond acceptors (Lipinski definition) is 3. The monoisotopic (exact) mass is 349 g/mol. The zero-order chi connectivity index (χ0) is 18.4. The average Bonchev–Trinajstić information content (AvgIpc) is 2.87. The number of fused-ring (bicyclic) bond motifs is 1. The Morgan fingerprint density at radius 3 is 2.64 bits per heavy atom. The molecule has 1 aromatic carbocycles. The Bertz CT molecular complexity index is 750. The fourth-order valence-corrected chi connectivity index (χ4v) is 2.36. The summed E-state index contributed by atoms with van der Waals surface area (Å²) in [6.45, 7) is 6.26. The van der Waals surface area contributed by atoms with Crippen LogP contribution in [-0.2, 0) is 16.0 Å². The molecule has 6 nitrogen and oxygen atoms in total. The Hall–Kier alpha value is -2.57. The molecule has 0 aliphatic heterocycles. The van der Waals surface area contributed by atoms with Crippen LogP contribution in [0.2, 0.25) is 0 Å². The lowest BCUT2D eigenvalue weighted by Crippen LogP contribution is -2.34. The minimum absolute atomic E-state index is 0.123. The lowest BCUT2D eigenvalue weighted by Gasteiger charge is -2.19. The van der Waals surface area contributed by atoms with Crippen LogP contribution in [0.3, 0.4) is 0 Å². The number of aromatic nitrogens is 1. The van der Waals surface area contributed by atoms with Gasteiger partial charge in [-0.05, 0) is 51.0 Å². The van der Waals surface area contributed by atoms with Crippen molar-refractivity contribution in [3.63, 3.8) is 0 Å². The first kappa shape index (κ1) is 18.8. The topological polar surface area (TPSA) is 83.2 Å². The molecule has 2 amide bonds. The number of nitrogens with one attached hydrogen (secondary N) is 3. The van der Waals surface area contributed by atoms with Crippen molar-refractivity contribution in [3.05, 3.63) is 35.8 Å². The highest BCUT2D eigenvalue weighted by Gasteiger charge is 2.15. The first-order valence-electron chi connectivity index (χ1n) is 8.24. The van der Waals surface area contributed by atoms with E-state index in [-0.39, 0.29) is 18.1 Å². The number of ether oxygens (including phenoxy) is 1. The Labute approximate surface area is 146 Å². The number of alkyl carbamates (subject to hydrolysis) is 1. The highest BCUT2D eigenvalue weighted by Crippen LogP contribution is 2.19. The van der Waals surface area contributed by atoms with Gasteiger partial charge in [-0.3, -0.25) is 4.79 Å². The molecule has 0 spiro atoms. The van der Waals surface area contributed by atoms with E-state index in [0.29, 0.717) is 25.0 Å². The summed E-state index contributed by atoms with van der Waals surface area (Å²) in [6.07, 6.45) is 2.06. The third kappa shape index (κ3) is 6.10. The number of H-pyrrole nitrogens is 1. The van der Waals surface area contributed by atoms with E-state index < -0.39 is 11.7 Å². The van der Waals surface area contributed by atoms with Crippen molar-refractivity contribution < 1.29 is 18.7 Å². The first-order valence-corrected chi connectivity index (χ1v) is 8.24. The zero-order valence-electron chi connectivity index (χ0n) is 14.7. The molecule has 1 aromatic heterocycles. The van der Waals surface area contributed by atoms with Crippen molar-refractivity contribution in [2.45, 2.75) is 39.2 Å². The molecule has 7 heteroatoms. The van der Waals surface area contributed by atoms with Crippen LogP contribution in [0.15, 0.2) is 24.4 Å². The minimum atomic E-state index is -0.527. The lowest BCUT2D eigenvalue weighted by molar-refractivity contribution is -0.120. The normalized spacial score (nSPS) is 11.4. The Kier molecular flexibility index (Phi) is 6.01. The van der Waals surface area contributed by atoms with Gasteiger partial charge in [-0.2, -0.15) is 0 Å². The van der Waals surface area contributed by atoms with Gasteiger partial charge in [0.1, 0.15) is 11.4 Å². The molecule has 1 heterocycles. The molecule has 0 radical (unpaired) electrons. The van der Waals surface area contributed by atoms with Gasteiger partial charge < -0.3 is 20.4 Å². The van der Waals surface area contributed by atoms with Gasteiger partial charge in [-0.15, -0.1) is 0 Å². The van der Waals surface area contributed by atoms with Gasteiger partial charge in [-0.1, -0.05) is 0 Å². The zero-order valence-corrected chi connectivity index (χ0v) is 14.7. The quantitative estimate of drug-likeness (QED) is 0.701. The Morgan fingerprint density at radius 2 is 1.92 bits per heavy atom. The van der Waals surface area contributed by atoms with Crippen LogP contribution in [-0.4, -0.2) is 35.7 Å². The summed E-state index contributed by atoms with van der Waals surface area (Å²) in [4.78, 5) is 26.4. The molecule has 0 atom stereocenters. The third-order valence-electron chi connectivity index (χ3n) is 3.42. The predicted octanol–water partition coefficient (Wildman–Crippen LogP) is 2.88. The number of carbonyl (C=O) groups is 2. The van der Waals surface area contributed by atoms with Crippen molar-refractivity contribution in [1.29, 1.82) is 0 Å². The molecule has 0 saturated heterocycles. The van der Waals surface area contributed by atoms with E-state index in [1.807, 2.05) is 0 Å². The number of carbonyl (C=O) groups excluding carboxylic acids is 2. The second-order valence-electron chi connectivity index (χ2n) is 6.81. The van der Waals surface area contributed by atoms with Gasteiger partial charge in [0.25, 0.3) is 0 Å². The van der Waals surface area contributed by atoms with Gasteiger partial charge in [-0.25, -0.2) is 9.18 Å². The predicted molar refractivity (Wildman–Crippen MR) is 93.8 cm³/mol. The van der Waals surface area contributed by atoms with E-state index in [1.165, 1.54) is 12.1 Å². The van der Waals surface area contributed by atoms with Crippen LogP contribution in [0.1, 0.15) is 32.8 Å². The van der Waals surface area contributed by atoms with Crippen molar-refractivity contribution in [1.82, 2.24) is 15.6 Å². The Balaban J connectivity index is 1.70. The summed E-state index contributed by atoms with van der Waals surface area (Å²) in [5.41, 5.74) is 0.962. The summed E-state index contributed by atoms with van der Waals surface area (Å²) < 4.78 is 18.3. The standard InChI is InChI=1S/C18H24FN3O3/c1-18(2,3)25-17(24)21-8-4-7-20-16(23)9-12-11-22-15-10-13(19)5-6-14(12)15/h5-6,10-11,22H,4,7-9H2,1-3H3,(H,20,23)(H,21,24). The molecule has 0 unspecified atom stereocenters. The van der Waals surface area contributed by atoms with E-state index in [2.05, 4.69) is 15.6 Å². The van der Waals surface area contributed by atoms with Crippen LogP contribution in [0, 0.1) is 5.82 Å². The van der Waals surface area contributed by atoms with Crippen molar-refractivity contribution in [2.75, 3.05) is 13.1 Å². The molecule has 3 N–H and O–H groups in total. The molecule has 0 aliphatic carbocycles. The molecular weight excluding hydrogens is 325 g/mol. The molecule has 136 valence electrons. The smallest absolute Gasteiger partial charge is 0.407 e. The number of aromatic amines is 1. The number of rotatable bonds is 6. The molecule has 0 bridgehead atoms. The maximum absolute atomic E-state index is 13.2. The van der Waals surface area contributed by atoms with E-state index in [4.69, 9.17) is 4.74 Å². The van der Waals surface area contributed by atoms with Crippen LogP contribution >= 0.6 is 0 Å². The van der Waals surface area contributed by atoms with Gasteiger partial charge >= 0.3 is 6.09 Å². The first-order chi connectivity index (χ1) is 11.7. The molecule has 25 heavy (non-hydrogen) atoms. The van der Waals surface area contributed by atoms with E-state index >= 15 is 0 Å². The summed E-state index contributed by atoms with van der Waals surface area (Å²) in [6, 6.07) is 4.44. The van der Waals surface area contributed by atoms with Gasteiger partial charge in [0.15, 0.2) is 0 Å².